The highest BCUT2D eigenvalue weighted by Gasteiger charge is 2.36. The smallest absolute Gasteiger partial charge is 0.290 e. The van der Waals surface area contributed by atoms with Crippen LogP contribution in [0, 0.1) is 6.92 Å². The first kappa shape index (κ1) is 17.7. The molecule has 3 rings (SSSR count). The molecule has 1 fully saturated rings. The van der Waals surface area contributed by atoms with E-state index in [0.717, 1.165) is 11.8 Å². The molecular formula is C19H20N2O5. The fourth-order valence-corrected chi connectivity index (χ4v) is 3.02. The second kappa shape index (κ2) is 7.03. The van der Waals surface area contributed by atoms with Gasteiger partial charge in [-0.05, 0) is 38.1 Å². The molecule has 136 valence electrons. The lowest BCUT2D eigenvalue weighted by Gasteiger charge is -2.38. The minimum Gasteiger partial charge on any atom is -0.497 e. The predicted molar refractivity (Wildman–Crippen MR) is 95.6 cm³/mol. The van der Waals surface area contributed by atoms with Gasteiger partial charge in [0, 0.05) is 30.9 Å². The van der Waals surface area contributed by atoms with E-state index in [4.69, 9.17) is 9.15 Å². The van der Waals surface area contributed by atoms with Crippen LogP contribution in [0.3, 0.4) is 0 Å². The summed E-state index contributed by atoms with van der Waals surface area (Å²) >= 11 is 0. The number of anilines is 1. The first-order valence-electron chi connectivity index (χ1n) is 8.29. The molecule has 1 aliphatic heterocycles. The van der Waals surface area contributed by atoms with Gasteiger partial charge in [-0.25, -0.2) is 0 Å². The zero-order valence-corrected chi connectivity index (χ0v) is 14.9. The van der Waals surface area contributed by atoms with E-state index in [1.807, 2.05) is 0 Å². The quantitative estimate of drug-likeness (QED) is 0.838. The lowest BCUT2D eigenvalue weighted by Crippen LogP contribution is -2.57. The molecule has 0 saturated carbocycles. The first-order chi connectivity index (χ1) is 12.4. The number of amides is 2. The second-order valence-corrected chi connectivity index (χ2v) is 6.13. The van der Waals surface area contributed by atoms with E-state index in [-0.39, 0.29) is 17.1 Å². The summed E-state index contributed by atoms with van der Waals surface area (Å²) in [6, 6.07) is 8.98. The third-order valence-electron chi connectivity index (χ3n) is 4.40. The van der Waals surface area contributed by atoms with Gasteiger partial charge >= 0.3 is 0 Å². The summed E-state index contributed by atoms with van der Waals surface area (Å²) in [5, 5.41) is 0. The Bertz CT molecular complexity index is 888. The summed E-state index contributed by atoms with van der Waals surface area (Å²) < 4.78 is 10.5. The Kier molecular flexibility index (Phi) is 4.79. The minimum atomic E-state index is -0.663. The molecule has 0 bridgehead atoms. The standard InChI is InChI=1S/C19H20N2O5/c1-12-10-15(22)11-17(26-12)19(24)20-8-9-21(18(23)13(20)2)14-4-6-16(25-3)7-5-14/h4-7,10-11,13H,8-9H2,1-3H3. The maximum Gasteiger partial charge on any atom is 0.290 e. The van der Waals surface area contributed by atoms with E-state index in [2.05, 4.69) is 0 Å². The highest BCUT2D eigenvalue weighted by molar-refractivity contribution is 6.02. The van der Waals surface area contributed by atoms with Crippen LogP contribution in [0.2, 0.25) is 0 Å². The molecule has 1 unspecified atom stereocenters. The fourth-order valence-electron chi connectivity index (χ4n) is 3.02. The van der Waals surface area contributed by atoms with Crippen LogP contribution in [0.4, 0.5) is 5.69 Å². The minimum absolute atomic E-state index is 0.0486. The Labute approximate surface area is 150 Å². The molecule has 0 spiro atoms. The molecule has 1 aromatic heterocycles. The van der Waals surface area contributed by atoms with E-state index < -0.39 is 11.9 Å². The third kappa shape index (κ3) is 3.33. The topological polar surface area (TPSA) is 80.1 Å². The van der Waals surface area contributed by atoms with Crippen molar-refractivity contribution in [1.82, 2.24) is 4.90 Å². The number of piperazine rings is 1. The van der Waals surface area contributed by atoms with Crippen LogP contribution in [-0.2, 0) is 4.79 Å². The number of hydrogen-bond acceptors (Lipinski definition) is 5. The van der Waals surface area contributed by atoms with Crippen molar-refractivity contribution in [3.8, 4) is 5.75 Å². The highest BCUT2D eigenvalue weighted by atomic mass is 16.5. The van der Waals surface area contributed by atoms with Gasteiger partial charge in [0.2, 0.25) is 5.91 Å². The van der Waals surface area contributed by atoms with Crippen LogP contribution >= 0.6 is 0 Å². The van der Waals surface area contributed by atoms with Gasteiger partial charge in [-0.2, -0.15) is 0 Å². The molecule has 2 amide bonds. The van der Waals surface area contributed by atoms with Crippen LogP contribution in [-0.4, -0.2) is 43.0 Å². The maximum atomic E-state index is 12.8. The number of carbonyl (C=O) groups excluding carboxylic acids is 2. The molecule has 1 atom stereocenters. The molecule has 7 heteroatoms. The molecular weight excluding hydrogens is 336 g/mol. The SMILES string of the molecule is COc1ccc(N2CCN(C(=O)c3cc(=O)cc(C)o3)C(C)C2=O)cc1. The maximum absolute atomic E-state index is 12.8. The highest BCUT2D eigenvalue weighted by Crippen LogP contribution is 2.24. The molecule has 0 radical (unpaired) electrons. The van der Waals surface area contributed by atoms with Crippen LogP contribution in [0.15, 0.2) is 45.6 Å². The number of methoxy groups -OCH3 is 1. The van der Waals surface area contributed by atoms with Crippen molar-refractivity contribution in [2.24, 2.45) is 0 Å². The first-order valence-corrected chi connectivity index (χ1v) is 8.29. The van der Waals surface area contributed by atoms with Crippen LogP contribution in [0.5, 0.6) is 5.75 Å². The van der Waals surface area contributed by atoms with Crippen molar-refractivity contribution in [3.63, 3.8) is 0 Å². The van der Waals surface area contributed by atoms with Crippen molar-refractivity contribution in [3.05, 3.63) is 58.1 Å². The molecule has 0 N–H and O–H groups in total. The average molecular weight is 356 g/mol. The summed E-state index contributed by atoms with van der Waals surface area (Å²) in [4.78, 5) is 40.1. The van der Waals surface area contributed by atoms with E-state index >= 15 is 0 Å². The van der Waals surface area contributed by atoms with Crippen molar-refractivity contribution in [2.75, 3.05) is 25.1 Å². The van der Waals surface area contributed by atoms with E-state index in [1.165, 1.54) is 11.0 Å². The number of benzene rings is 1. The molecule has 7 nitrogen and oxygen atoms in total. The Hall–Kier alpha value is -3.09. The molecule has 0 aliphatic carbocycles. The molecule has 1 saturated heterocycles. The molecule has 2 aromatic rings. The van der Waals surface area contributed by atoms with E-state index in [0.29, 0.717) is 24.6 Å². The zero-order valence-electron chi connectivity index (χ0n) is 14.9. The Balaban J connectivity index is 1.80. The van der Waals surface area contributed by atoms with Crippen LogP contribution in [0.1, 0.15) is 23.2 Å². The monoisotopic (exact) mass is 356 g/mol. The van der Waals surface area contributed by atoms with Crippen LogP contribution < -0.4 is 15.1 Å². The molecule has 1 aromatic carbocycles. The van der Waals surface area contributed by atoms with Gasteiger partial charge in [0.05, 0.1) is 7.11 Å². The van der Waals surface area contributed by atoms with Crippen LogP contribution in [0.25, 0.3) is 0 Å². The van der Waals surface area contributed by atoms with E-state index in [9.17, 15) is 14.4 Å². The number of carbonyl (C=O) groups is 2. The van der Waals surface area contributed by atoms with Crippen molar-refractivity contribution >= 4 is 17.5 Å². The van der Waals surface area contributed by atoms with Gasteiger partial charge in [-0.15, -0.1) is 0 Å². The Morgan fingerprint density at radius 1 is 1.15 bits per heavy atom. The lowest BCUT2D eigenvalue weighted by atomic mass is 10.1. The van der Waals surface area contributed by atoms with E-state index in [1.54, 1.807) is 50.1 Å². The summed E-state index contributed by atoms with van der Waals surface area (Å²) in [6.45, 7) is 3.98. The number of ether oxygens (including phenoxy) is 1. The molecule has 2 heterocycles. The molecule has 1 aliphatic rings. The lowest BCUT2D eigenvalue weighted by molar-refractivity contribution is -0.124. The van der Waals surface area contributed by atoms with Gasteiger partial charge in [0.25, 0.3) is 5.91 Å². The fraction of sp³-hybridized carbons (Fsp3) is 0.316. The summed E-state index contributed by atoms with van der Waals surface area (Å²) in [5.41, 5.74) is 0.449. The summed E-state index contributed by atoms with van der Waals surface area (Å²) in [5.74, 6) is 0.368. The van der Waals surface area contributed by atoms with Crippen molar-refractivity contribution in [1.29, 1.82) is 0 Å². The summed E-state index contributed by atoms with van der Waals surface area (Å²) in [7, 11) is 1.58. The predicted octanol–water partition coefficient (Wildman–Crippen LogP) is 1.83. The van der Waals surface area contributed by atoms with Crippen molar-refractivity contribution in [2.45, 2.75) is 19.9 Å². The number of aryl methyl sites for hydroxylation is 1. The average Bonchev–Trinajstić information content (AvgIpc) is 2.63. The normalized spacial score (nSPS) is 17.3. The van der Waals surface area contributed by atoms with Gasteiger partial charge in [-0.1, -0.05) is 0 Å². The second-order valence-electron chi connectivity index (χ2n) is 6.13. The van der Waals surface area contributed by atoms with Gasteiger partial charge < -0.3 is 19.0 Å². The Morgan fingerprint density at radius 3 is 2.46 bits per heavy atom. The number of rotatable bonds is 3. The third-order valence-corrected chi connectivity index (χ3v) is 4.40. The van der Waals surface area contributed by atoms with Gasteiger partial charge in [0.1, 0.15) is 17.6 Å². The Morgan fingerprint density at radius 2 is 1.85 bits per heavy atom. The zero-order chi connectivity index (χ0) is 18.8. The van der Waals surface area contributed by atoms with Crippen molar-refractivity contribution < 1.29 is 18.7 Å². The van der Waals surface area contributed by atoms with Gasteiger partial charge in [-0.3, -0.25) is 14.4 Å². The molecule has 26 heavy (non-hydrogen) atoms. The van der Waals surface area contributed by atoms with Gasteiger partial charge in [0.15, 0.2) is 11.2 Å². The summed E-state index contributed by atoms with van der Waals surface area (Å²) in [6.07, 6.45) is 0. The number of hydrogen-bond donors (Lipinski definition) is 0. The largest absolute Gasteiger partial charge is 0.497 e. The number of nitrogens with zero attached hydrogens (tertiary/aromatic N) is 2.